The molecule has 0 fully saturated rings. The summed E-state index contributed by atoms with van der Waals surface area (Å²) in [7, 11) is 0. The fourth-order valence-electron chi connectivity index (χ4n) is 2.09. The number of hydrogen-bond acceptors (Lipinski definition) is 6. The molecular formula is C17H13F3N4O3. The van der Waals surface area contributed by atoms with Crippen LogP contribution in [0.4, 0.5) is 13.2 Å². The topological polar surface area (TPSA) is 90.1 Å². The van der Waals surface area contributed by atoms with Crippen LogP contribution in [0.3, 0.4) is 0 Å². The summed E-state index contributed by atoms with van der Waals surface area (Å²) in [5, 5.41) is 5.99. The van der Waals surface area contributed by atoms with Gasteiger partial charge in [0.25, 0.3) is 5.91 Å². The van der Waals surface area contributed by atoms with Crippen LogP contribution in [-0.4, -0.2) is 34.2 Å². The Bertz CT molecular complexity index is 896. The molecule has 10 heteroatoms. The Hall–Kier alpha value is -3.43. The molecule has 2 heterocycles. The molecule has 0 atom stereocenters. The van der Waals surface area contributed by atoms with E-state index < -0.39 is 12.1 Å². The first-order chi connectivity index (χ1) is 12.9. The van der Waals surface area contributed by atoms with Gasteiger partial charge in [0.15, 0.2) is 0 Å². The Labute approximate surface area is 151 Å². The van der Waals surface area contributed by atoms with Crippen molar-refractivity contribution in [2.75, 3.05) is 13.2 Å². The van der Waals surface area contributed by atoms with E-state index in [0.29, 0.717) is 16.9 Å². The van der Waals surface area contributed by atoms with E-state index in [-0.39, 0.29) is 24.9 Å². The molecule has 0 bridgehead atoms. The fraction of sp³-hybridized carbons (Fsp3) is 0.176. The van der Waals surface area contributed by atoms with E-state index >= 15 is 0 Å². The van der Waals surface area contributed by atoms with Crippen molar-refractivity contribution in [3.8, 4) is 17.1 Å². The van der Waals surface area contributed by atoms with Gasteiger partial charge in [-0.25, -0.2) is 0 Å². The maximum absolute atomic E-state index is 12.5. The molecule has 1 aromatic carbocycles. The van der Waals surface area contributed by atoms with Gasteiger partial charge >= 0.3 is 12.1 Å². The lowest BCUT2D eigenvalue weighted by molar-refractivity contribution is -0.159. The van der Waals surface area contributed by atoms with Crippen molar-refractivity contribution in [2.45, 2.75) is 6.18 Å². The molecule has 2 aromatic heterocycles. The summed E-state index contributed by atoms with van der Waals surface area (Å²) in [6, 6.07) is 9.44. The van der Waals surface area contributed by atoms with Crippen molar-refractivity contribution < 1.29 is 27.2 Å². The van der Waals surface area contributed by atoms with Crippen molar-refractivity contribution in [2.24, 2.45) is 0 Å². The van der Waals surface area contributed by atoms with Crippen LogP contribution >= 0.6 is 0 Å². The SMILES string of the molecule is O=C(NCCOc1ccc(-c2noc(C(F)(F)F)n2)cc1)c1cccnc1. The monoisotopic (exact) mass is 378 g/mol. The first-order valence-corrected chi connectivity index (χ1v) is 7.76. The standard InChI is InChI=1S/C17H13F3N4O3/c18-17(19,20)16-23-14(24-27-16)11-3-5-13(6-4-11)26-9-8-22-15(25)12-2-1-7-21-10-12/h1-7,10H,8-9H2,(H,22,25). The van der Waals surface area contributed by atoms with Crippen LogP contribution in [-0.2, 0) is 6.18 Å². The van der Waals surface area contributed by atoms with E-state index in [9.17, 15) is 18.0 Å². The van der Waals surface area contributed by atoms with Crippen LogP contribution in [0.15, 0.2) is 53.3 Å². The molecule has 0 saturated carbocycles. The van der Waals surface area contributed by atoms with E-state index in [1.165, 1.54) is 18.3 Å². The van der Waals surface area contributed by atoms with Crippen molar-refractivity contribution in [3.05, 3.63) is 60.2 Å². The highest BCUT2D eigenvalue weighted by molar-refractivity contribution is 5.93. The van der Waals surface area contributed by atoms with Gasteiger partial charge in [0, 0.05) is 18.0 Å². The molecule has 1 N–H and O–H groups in total. The summed E-state index contributed by atoms with van der Waals surface area (Å²) in [5.74, 6) is -1.35. The van der Waals surface area contributed by atoms with E-state index in [1.807, 2.05) is 0 Å². The zero-order chi connectivity index (χ0) is 19.3. The first kappa shape index (κ1) is 18.4. The number of halogens is 3. The number of nitrogens with one attached hydrogen (secondary N) is 1. The van der Waals surface area contributed by atoms with Crippen LogP contribution in [0.25, 0.3) is 11.4 Å². The molecule has 3 rings (SSSR count). The van der Waals surface area contributed by atoms with Gasteiger partial charge in [-0.05, 0) is 36.4 Å². The lowest BCUT2D eigenvalue weighted by Crippen LogP contribution is -2.28. The van der Waals surface area contributed by atoms with Gasteiger partial charge in [-0.1, -0.05) is 5.16 Å². The highest BCUT2D eigenvalue weighted by Gasteiger charge is 2.38. The summed E-state index contributed by atoms with van der Waals surface area (Å²) in [6.07, 6.45) is -1.66. The number of nitrogens with zero attached hydrogens (tertiary/aromatic N) is 3. The van der Waals surface area contributed by atoms with Crippen LogP contribution in [0.5, 0.6) is 5.75 Å². The van der Waals surface area contributed by atoms with Gasteiger partial charge in [0.1, 0.15) is 12.4 Å². The summed E-state index contributed by atoms with van der Waals surface area (Å²) in [4.78, 5) is 19.0. The summed E-state index contributed by atoms with van der Waals surface area (Å²) in [5.41, 5.74) is 0.798. The Morgan fingerprint density at radius 3 is 2.59 bits per heavy atom. The van der Waals surface area contributed by atoms with Crippen LogP contribution in [0.1, 0.15) is 16.2 Å². The Balaban J connectivity index is 1.49. The maximum Gasteiger partial charge on any atom is 0.471 e. The number of rotatable bonds is 6. The molecule has 0 unspecified atom stereocenters. The molecule has 0 aliphatic carbocycles. The number of amides is 1. The average Bonchev–Trinajstić information content (AvgIpc) is 3.17. The normalized spacial score (nSPS) is 11.2. The van der Waals surface area contributed by atoms with E-state index in [1.54, 1.807) is 30.5 Å². The molecule has 0 radical (unpaired) electrons. The number of alkyl halides is 3. The summed E-state index contributed by atoms with van der Waals surface area (Å²) in [6.45, 7) is 0.487. The molecule has 0 saturated heterocycles. The molecule has 27 heavy (non-hydrogen) atoms. The van der Waals surface area contributed by atoms with Gasteiger partial charge in [0.05, 0.1) is 12.1 Å². The molecule has 0 spiro atoms. The van der Waals surface area contributed by atoms with Gasteiger partial charge in [-0.15, -0.1) is 0 Å². The molecule has 0 aliphatic rings. The second-order valence-electron chi connectivity index (χ2n) is 5.29. The summed E-state index contributed by atoms with van der Waals surface area (Å²) < 4.78 is 47.1. The number of hydrogen-bond donors (Lipinski definition) is 1. The maximum atomic E-state index is 12.5. The minimum absolute atomic E-state index is 0.169. The Kier molecular flexibility index (Phi) is 5.34. The Morgan fingerprint density at radius 2 is 1.96 bits per heavy atom. The summed E-state index contributed by atoms with van der Waals surface area (Å²) >= 11 is 0. The minimum Gasteiger partial charge on any atom is -0.492 e. The molecule has 140 valence electrons. The smallest absolute Gasteiger partial charge is 0.471 e. The fourth-order valence-corrected chi connectivity index (χ4v) is 2.09. The predicted octanol–water partition coefficient (Wildman–Crippen LogP) is 2.96. The molecular weight excluding hydrogens is 365 g/mol. The van der Waals surface area contributed by atoms with Crippen molar-refractivity contribution in [3.63, 3.8) is 0 Å². The zero-order valence-electron chi connectivity index (χ0n) is 13.7. The highest BCUT2D eigenvalue weighted by Crippen LogP contribution is 2.29. The first-order valence-electron chi connectivity index (χ1n) is 7.76. The Morgan fingerprint density at radius 1 is 1.19 bits per heavy atom. The second kappa shape index (κ2) is 7.85. The van der Waals surface area contributed by atoms with Gasteiger partial charge in [0.2, 0.25) is 5.82 Å². The third-order valence-electron chi connectivity index (χ3n) is 3.36. The highest BCUT2D eigenvalue weighted by atomic mass is 19.4. The second-order valence-corrected chi connectivity index (χ2v) is 5.29. The largest absolute Gasteiger partial charge is 0.492 e. The van der Waals surface area contributed by atoms with E-state index in [2.05, 4.69) is 25.0 Å². The van der Waals surface area contributed by atoms with Gasteiger partial charge in [-0.3, -0.25) is 9.78 Å². The molecule has 0 aliphatic heterocycles. The number of benzene rings is 1. The minimum atomic E-state index is -4.69. The van der Waals surface area contributed by atoms with Gasteiger partial charge < -0.3 is 14.6 Å². The predicted molar refractivity (Wildman–Crippen MR) is 86.8 cm³/mol. The van der Waals surface area contributed by atoms with Crippen molar-refractivity contribution in [1.29, 1.82) is 0 Å². The number of ether oxygens (including phenoxy) is 1. The van der Waals surface area contributed by atoms with Crippen molar-refractivity contribution in [1.82, 2.24) is 20.4 Å². The van der Waals surface area contributed by atoms with Crippen LogP contribution in [0.2, 0.25) is 0 Å². The lowest BCUT2D eigenvalue weighted by Gasteiger charge is -2.08. The third-order valence-corrected chi connectivity index (χ3v) is 3.36. The lowest BCUT2D eigenvalue weighted by atomic mass is 10.2. The van der Waals surface area contributed by atoms with E-state index in [0.717, 1.165) is 0 Å². The number of carbonyl (C=O) groups excluding carboxylic acids is 1. The van der Waals surface area contributed by atoms with Crippen molar-refractivity contribution >= 4 is 5.91 Å². The molecule has 3 aromatic rings. The average molecular weight is 378 g/mol. The zero-order valence-corrected chi connectivity index (χ0v) is 13.7. The number of carbonyl (C=O) groups is 1. The third kappa shape index (κ3) is 4.81. The molecule has 1 amide bonds. The van der Waals surface area contributed by atoms with Crippen LogP contribution < -0.4 is 10.1 Å². The van der Waals surface area contributed by atoms with Gasteiger partial charge in [-0.2, -0.15) is 18.2 Å². The number of pyridine rings is 1. The quantitative estimate of drug-likeness (QED) is 0.664. The van der Waals surface area contributed by atoms with E-state index in [4.69, 9.17) is 4.74 Å². The number of aromatic nitrogens is 3. The molecule has 7 nitrogen and oxygen atoms in total. The van der Waals surface area contributed by atoms with Crippen LogP contribution in [0, 0.1) is 0 Å².